The normalized spacial score (nSPS) is 21.2. The maximum atomic E-state index is 12.8. The van der Waals surface area contributed by atoms with Crippen LogP contribution in [-0.2, 0) is 16.1 Å². The number of carbonyl (C=O) groups excluding carboxylic acids is 2. The third kappa shape index (κ3) is 6.97. The van der Waals surface area contributed by atoms with E-state index in [9.17, 15) is 14.7 Å². The van der Waals surface area contributed by atoms with Crippen LogP contribution in [0, 0.1) is 6.92 Å². The topological polar surface area (TPSA) is 91.2 Å². The number of amides is 2. The number of hydrogen-bond acceptors (Lipinski definition) is 5. The van der Waals surface area contributed by atoms with Gasteiger partial charge in [0.25, 0.3) is 11.8 Å². The van der Waals surface area contributed by atoms with E-state index in [0.717, 1.165) is 51.6 Å². The minimum absolute atomic E-state index is 0.0580. The second kappa shape index (κ2) is 12.1. The molecule has 2 heterocycles. The number of nitrogens with one attached hydrogen (secondary N) is 1. The van der Waals surface area contributed by atoms with Crippen molar-refractivity contribution < 1.29 is 19.5 Å². The highest BCUT2D eigenvalue weighted by Crippen LogP contribution is 2.23. The molecule has 7 heteroatoms. The maximum absolute atomic E-state index is 12.8. The van der Waals surface area contributed by atoms with Crippen LogP contribution in [-0.4, -0.2) is 53.8 Å². The van der Waals surface area contributed by atoms with Crippen molar-refractivity contribution in [2.45, 2.75) is 51.9 Å². The van der Waals surface area contributed by atoms with Gasteiger partial charge < -0.3 is 20.2 Å². The minimum Gasteiger partial charge on any atom is -0.508 e. The van der Waals surface area contributed by atoms with Gasteiger partial charge in [-0.3, -0.25) is 9.59 Å². The number of phenols is 1. The molecule has 7 nitrogen and oxygen atoms in total. The van der Waals surface area contributed by atoms with Crippen molar-refractivity contribution in [1.82, 2.24) is 10.2 Å². The number of rotatable bonds is 3. The molecule has 1 aromatic rings. The van der Waals surface area contributed by atoms with Crippen LogP contribution >= 0.6 is 0 Å². The molecule has 0 saturated carbocycles. The number of oxime groups is 1. The summed E-state index contributed by atoms with van der Waals surface area (Å²) in [6.45, 7) is 3.79. The number of benzene rings is 1. The molecule has 2 aliphatic rings. The number of likely N-dealkylation sites (tertiary alicyclic amines) is 1. The molecule has 0 bridgehead atoms. The summed E-state index contributed by atoms with van der Waals surface area (Å²) in [5.41, 5.74) is 2.50. The SMILES string of the molecule is Cc1cc(O)cc2c1C(=O)NCC/C=C/CC/C=C/C(=N\OCC(=O)N1CCCCC1)C2. The maximum Gasteiger partial charge on any atom is 0.263 e. The van der Waals surface area contributed by atoms with Gasteiger partial charge in [-0.15, -0.1) is 0 Å². The average molecular weight is 440 g/mol. The first kappa shape index (κ1) is 23.6. The van der Waals surface area contributed by atoms with Crippen LogP contribution in [0.15, 0.2) is 41.6 Å². The van der Waals surface area contributed by atoms with E-state index in [-0.39, 0.29) is 24.2 Å². The molecule has 2 amide bonds. The number of nitrogens with zero attached hydrogens (tertiary/aromatic N) is 2. The average Bonchev–Trinajstić information content (AvgIpc) is 2.77. The fourth-order valence-corrected chi connectivity index (χ4v) is 4.03. The van der Waals surface area contributed by atoms with Crippen molar-refractivity contribution in [1.29, 1.82) is 0 Å². The molecule has 32 heavy (non-hydrogen) atoms. The number of phenolic OH excluding ortho intramolecular Hbond substituents is 1. The van der Waals surface area contributed by atoms with Crippen LogP contribution in [0.5, 0.6) is 5.75 Å². The Balaban J connectivity index is 1.80. The van der Waals surface area contributed by atoms with Crippen molar-refractivity contribution in [3.63, 3.8) is 0 Å². The van der Waals surface area contributed by atoms with Gasteiger partial charge in [0.15, 0.2) is 6.61 Å². The second-order valence-corrected chi connectivity index (χ2v) is 8.27. The first-order valence-corrected chi connectivity index (χ1v) is 11.4. The first-order chi connectivity index (χ1) is 15.5. The van der Waals surface area contributed by atoms with Gasteiger partial charge in [-0.2, -0.15) is 0 Å². The summed E-state index contributed by atoms with van der Waals surface area (Å²) in [5, 5.41) is 17.3. The number of fused-ring (bicyclic) bond motifs is 1. The molecule has 1 fully saturated rings. The van der Waals surface area contributed by atoms with Crippen LogP contribution in [0.2, 0.25) is 0 Å². The monoisotopic (exact) mass is 439 g/mol. The van der Waals surface area contributed by atoms with E-state index in [4.69, 9.17) is 4.84 Å². The Morgan fingerprint density at radius 3 is 2.69 bits per heavy atom. The minimum atomic E-state index is -0.174. The van der Waals surface area contributed by atoms with Crippen molar-refractivity contribution in [3.05, 3.63) is 53.1 Å². The lowest BCUT2D eigenvalue weighted by molar-refractivity contribution is -0.137. The molecule has 3 rings (SSSR count). The van der Waals surface area contributed by atoms with Gasteiger partial charge in [0.2, 0.25) is 0 Å². The van der Waals surface area contributed by atoms with Gasteiger partial charge in [0.1, 0.15) is 5.75 Å². The molecular formula is C25H33N3O4. The number of carbonyl (C=O) groups is 2. The standard InChI is InChI=1S/C25H33N3O4/c1-19-15-22(29)17-20-16-21(27-32-18-23(30)28-13-9-6-10-14-28)11-7-4-2-3-5-8-12-26-25(31)24(19)20/h3,5,7,11,15,17,29H,2,4,6,8-10,12-14,16,18H2,1H3,(H,26,31)/b5-3+,11-7+,27-21+. The summed E-state index contributed by atoms with van der Waals surface area (Å²) in [6.07, 6.45) is 14.1. The third-order valence-corrected chi connectivity index (χ3v) is 5.65. The Labute approximate surface area is 189 Å². The number of hydrogen-bond donors (Lipinski definition) is 2. The molecule has 2 N–H and O–H groups in total. The van der Waals surface area contributed by atoms with Crippen molar-refractivity contribution >= 4 is 17.5 Å². The van der Waals surface area contributed by atoms with E-state index in [1.54, 1.807) is 12.1 Å². The highest BCUT2D eigenvalue weighted by molar-refractivity contribution is 6.01. The van der Waals surface area contributed by atoms with Gasteiger partial charge >= 0.3 is 0 Å². The van der Waals surface area contributed by atoms with Crippen LogP contribution in [0.25, 0.3) is 0 Å². The second-order valence-electron chi connectivity index (χ2n) is 8.27. The first-order valence-electron chi connectivity index (χ1n) is 11.4. The molecular weight excluding hydrogens is 406 g/mol. The van der Waals surface area contributed by atoms with Gasteiger partial charge in [0.05, 0.1) is 5.71 Å². The van der Waals surface area contributed by atoms with Crippen LogP contribution in [0.3, 0.4) is 0 Å². The fourth-order valence-electron chi connectivity index (χ4n) is 4.03. The van der Waals surface area contributed by atoms with E-state index in [1.807, 2.05) is 24.0 Å². The van der Waals surface area contributed by atoms with Gasteiger partial charge in [-0.05, 0) is 74.8 Å². The molecule has 0 spiro atoms. The number of aromatic hydroxyl groups is 1. The van der Waals surface area contributed by atoms with Gasteiger partial charge in [-0.25, -0.2) is 0 Å². The van der Waals surface area contributed by atoms with Gasteiger partial charge in [-0.1, -0.05) is 23.4 Å². The smallest absolute Gasteiger partial charge is 0.263 e. The van der Waals surface area contributed by atoms with E-state index in [1.165, 1.54) is 0 Å². The summed E-state index contributed by atoms with van der Waals surface area (Å²) < 4.78 is 0. The number of aryl methyl sites for hydroxylation is 1. The molecule has 0 aromatic heterocycles. The molecule has 1 saturated heterocycles. The third-order valence-electron chi connectivity index (χ3n) is 5.65. The molecule has 0 radical (unpaired) electrons. The van der Waals surface area contributed by atoms with E-state index < -0.39 is 0 Å². The Morgan fingerprint density at radius 2 is 1.88 bits per heavy atom. The summed E-state index contributed by atoms with van der Waals surface area (Å²) in [7, 11) is 0. The summed E-state index contributed by atoms with van der Waals surface area (Å²) in [5.74, 6) is -0.132. The molecule has 1 aromatic carbocycles. The molecule has 0 aliphatic carbocycles. The molecule has 2 aliphatic heterocycles. The highest BCUT2D eigenvalue weighted by Gasteiger charge is 2.18. The number of piperidine rings is 1. The predicted octanol–water partition coefficient (Wildman–Crippen LogP) is 3.65. The lowest BCUT2D eigenvalue weighted by atomic mass is 9.96. The van der Waals surface area contributed by atoms with Crippen molar-refractivity contribution in [2.75, 3.05) is 26.2 Å². The largest absolute Gasteiger partial charge is 0.508 e. The van der Waals surface area contributed by atoms with Crippen molar-refractivity contribution in [2.24, 2.45) is 5.16 Å². The Morgan fingerprint density at radius 1 is 1.12 bits per heavy atom. The highest BCUT2D eigenvalue weighted by atomic mass is 16.6. The van der Waals surface area contributed by atoms with E-state index >= 15 is 0 Å². The zero-order chi connectivity index (χ0) is 22.8. The lowest BCUT2D eigenvalue weighted by Gasteiger charge is -2.26. The Hall–Kier alpha value is -3.09. The lowest BCUT2D eigenvalue weighted by Crippen LogP contribution is -2.37. The quantitative estimate of drug-likeness (QED) is 0.556. The van der Waals surface area contributed by atoms with E-state index in [2.05, 4.69) is 22.6 Å². The summed E-state index contributed by atoms with van der Waals surface area (Å²) in [6, 6.07) is 3.18. The Bertz CT molecular complexity index is 899. The summed E-state index contributed by atoms with van der Waals surface area (Å²) >= 11 is 0. The summed E-state index contributed by atoms with van der Waals surface area (Å²) in [4.78, 5) is 32.5. The van der Waals surface area contributed by atoms with Crippen molar-refractivity contribution in [3.8, 4) is 5.75 Å². The Kier molecular flexibility index (Phi) is 8.90. The van der Waals surface area contributed by atoms with Crippen LogP contribution in [0.1, 0.15) is 60.0 Å². The predicted molar refractivity (Wildman–Crippen MR) is 125 cm³/mol. The molecule has 0 unspecified atom stereocenters. The number of allylic oxidation sites excluding steroid dienone is 3. The van der Waals surface area contributed by atoms with Crippen LogP contribution < -0.4 is 5.32 Å². The molecule has 172 valence electrons. The van der Waals surface area contributed by atoms with E-state index in [0.29, 0.717) is 35.4 Å². The zero-order valence-electron chi connectivity index (χ0n) is 18.8. The van der Waals surface area contributed by atoms with Gasteiger partial charge in [0, 0.05) is 31.6 Å². The zero-order valence-corrected chi connectivity index (χ0v) is 18.8. The molecule has 0 atom stereocenters. The fraction of sp³-hybridized carbons (Fsp3) is 0.480. The van der Waals surface area contributed by atoms with Crippen LogP contribution in [0.4, 0.5) is 0 Å².